The minimum Gasteiger partial charge on any atom is -0.481 e. The van der Waals surface area contributed by atoms with E-state index >= 15 is 0 Å². The number of rotatable bonds is 8. The number of fused-ring (bicyclic) bond motifs is 5. The maximum atomic E-state index is 13.5. The first-order valence-electron chi connectivity index (χ1n) is 12.3. The molecule has 0 aliphatic carbocycles. The van der Waals surface area contributed by atoms with E-state index < -0.39 is 36.0 Å². The third-order valence-electron chi connectivity index (χ3n) is 6.90. The van der Waals surface area contributed by atoms with Crippen LogP contribution in [0.4, 0.5) is 0 Å². The molecule has 11 heteroatoms. The van der Waals surface area contributed by atoms with Crippen LogP contribution in [0.3, 0.4) is 0 Å². The summed E-state index contributed by atoms with van der Waals surface area (Å²) in [4.78, 5) is 66.7. The highest BCUT2D eigenvalue weighted by molar-refractivity contribution is 5.89. The van der Waals surface area contributed by atoms with Crippen molar-refractivity contribution < 1.29 is 33.8 Å². The van der Waals surface area contributed by atoms with E-state index in [4.69, 9.17) is 19.6 Å². The molecule has 38 heavy (non-hydrogen) atoms. The molecule has 1 aromatic carbocycles. The number of carbonyl (C=O) groups is 4. The average molecular weight is 520 g/mol. The molecule has 4 heterocycles. The molecule has 0 bridgehead atoms. The number of nitrogens with one attached hydrogen (secondary N) is 1. The zero-order chi connectivity index (χ0) is 27.0. The fraction of sp³-hybridized carbons (Fsp3) is 0.333. The van der Waals surface area contributed by atoms with Gasteiger partial charge in [-0.05, 0) is 31.0 Å². The summed E-state index contributed by atoms with van der Waals surface area (Å²) in [5.74, 6) is -3.24. The quantitative estimate of drug-likeness (QED) is 0.333. The lowest BCUT2D eigenvalue weighted by Crippen LogP contribution is -2.48. The lowest BCUT2D eigenvalue weighted by molar-refractivity contribution is -0.189. The van der Waals surface area contributed by atoms with Gasteiger partial charge >= 0.3 is 17.9 Å². The highest BCUT2D eigenvalue weighted by Crippen LogP contribution is 2.40. The van der Waals surface area contributed by atoms with E-state index in [9.17, 15) is 24.0 Å². The first kappa shape index (κ1) is 25.1. The monoisotopic (exact) mass is 519 g/mol. The van der Waals surface area contributed by atoms with Crippen LogP contribution in [0.2, 0.25) is 0 Å². The van der Waals surface area contributed by atoms with Gasteiger partial charge in [0.1, 0.15) is 13.2 Å². The molecule has 2 aliphatic heterocycles. The number of ether oxygens (including phenoxy) is 2. The Morgan fingerprint density at radius 3 is 2.74 bits per heavy atom. The number of nitrogens with zero attached hydrogens (tertiary/aromatic N) is 2. The van der Waals surface area contributed by atoms with Gasteiger partial charge in [0.05, 0.1) is 29.0 Å². The van der Waals surface area contributed by atoms with E-state index in [0.717, 1.165) is 16.5 Å². The van der Waals surface area contributed by atoms with Crippen molar-refractivity contribution in [2.24, 2.45) is 0 Å². The Morgan fingerprint density at radius 2 is 1.97 bits per heavy atom. The van der Waals surface area contributed by atoms with Crippen LogP contribution in [-0.2, 0) is 47.4 Å². The van der Waals surface area contributed by atoms with E-state index in [2.05, 4.69) is 5.32 Å². The van der Waals surface area contributed by atoms with Crippen LogP contribution < -0.4 is 10.9 Å². The van der Waals surface area contributed by atoms with E-state index in [1.54, 1.807) is 17.6 Å². The summed E-state index contributed by atoms with van der Waals surface area (Å²) in [6.07, 6.45) is -0.132. The molecule has 0 saturated carbocycles. The lowest BCUT2D eigenvalue weighted by atomic mass is 9.85. The Labute approximate surface area is 216 Å². The van der Waals surface area contributed by atoms with Crippen LogP contribution in [0.25, 0.3) is 22.3 Å². The standard InChI is InChI=1S/C27H25N3O8/c1-2-27(38-23(34)12-28-21(31)8-5-9-22(32)33)18-11-20-24-16(10-15-6-3-4-7-19(15)29-24)13-30(20)25(35)17(18)14-37-26(27)36/h3-4,6-7,10-11H,2,5,8-9,12-14H2,1H3,(H,28,31)(H,32,33)/t27-/m1/s1. The molecule has 5 rings (SSSR count). The van der Waals surface area contributed by atoms with E-state index in [-0.39, 0.29) is 49.0 Å². The number of hydrogen-bond acceptors (Lipinski definition) is 8. The van der Waals surface area contributed by atoms with Gasteiger partial charge in [-0.15, -0.1) is 0 Å². The number of cyclic esters (lactones) is 1. The molecular formula is C27H25N3O8. The molecule has 0 radical (unpaired) electrons. The minimum atomic E-state index is -1.87. The van der Waals surface area contributed by atoms with E-state index in [1.165, 1.54) is 0 Å². The number of benzene rings is 1. The van der Waals surface area contributed by atoms with Gasteiger partial charge in [0, 0.05) is 29.4 Å². The smallest absolute Gasteiger partial charge is 0.355 e. The number of carboxylic acids is 1. The first-order chi connectivity index (χ1) is 18.2. The number of carbonyl (C=O) groups excluding carboxylic acids is 3. The van der Waals surface area contributed by atoms with E-state index in [0.29, 0.717) is 17.9 Å². The number of para-hydroxylation sites is 1. The Morgan fingerprint density at radius 1 is 1.18 bits per heavy atom. The molecule has 0 spiro atoms. The molecule has 1 amide bonds. The molecule has 1 atom stereocenters. The summed E-state index contributed by atoms with van der Waals surface area (Å²) >= 11 is 0. The van der Waals surface area contributed by atoms with Gasteiger partial charge in [-0.3, -0.25) is 19.2 Å². The Kier molecular flexibility index (Phi) is 6.43. The number of aromatic nitrogens is 2. The summed E-state index contributed by atoms with van der Waals surface area (Å²) in [5.41, 5.74) is 1.00. The van der Waals surface area contributed by atoms with Crippen LogP contribution in [0.15, 0.2) is 41.2 Å². The molecule has 0 fully saturated rings. The zero-order valence-corrected chi connectivity index (χ0v) is 20.6. The second kappa shape index (κ2) is 9.73. The van der Waals surface area contributed by atoms with Crippen LogP contribution in [0, 0.1) is 0 Å². The van der Waals surface area contributed by atoms with Crippen molar-refractivity contribution in [3.8, 4) is 11.4 Å². The molecule has 0 saturated heterocycles. The number of aliphatic carboxylic acids is 1. The minimum absolute atomic E-state index is 0.00195. The van der Waals surface area contributed by atoms with Crippen LogP contribution in [0.1, 0.15) is 49.3 Å². The average Bonchev–Trinajstić information content (AvgIpc) is 3.25. The van der Waals surface area contributed by atoms with Crippen molar-refractivity contribution in [1.82, 2.24) is 14.9 Å². The molecular weight excluding hydrogens is 494 g/mol. The van der Waals surface area contributed by atoms with Gasteiger partial charge in [-0.25, -0.2) is 9.78 Å². The number of carboxylic acid groups (broad SMARTS) is 1. The van der Waals surface area contributed by atoms with Crippen molar-refractivity contribution in [2.75, 3.05) is 6.54 Å². The van der Waals surface area contributed by atoms with Crippen molar-refractivity contribution >= 4 is 34.7 Å². The van der Waals surface area contributed by atoms with Crippen LogP contribution in [-0.4, -0.2) is 45.0 Å². The van der Waals surface area contributed by atoms with Gasteiger partial charge in [0.2, 0.25) is 11.5 Å². The molecule has 2 aromatic heterocycles. The summed E-state index contributed by atoms with van der Waals surface area (Å²) in [5, 5.41) is 12.0. The van der Waals surface area contributed by atoms with Gasteiger partial charge in [0.25, 0.3) is 5.56 Å². The molecule has 0 unspecified atom stereocenters. The largest absolute Gasteiger partial charge is 0.481 e. The van der Waals surface area contributed by atoms with Crippen molar-refractivity contribution in [3.05, 3.63) is 63.4 Å². The fourth-order valence-electron chi connectivity index (χ4n) is 4.97. The predicted molar refractivity (Wildman–Crippen MR) is 133 cm³/mol. The molecule has 2 aliphatic rings. The Hall–Kier alpha value is -4.54. The molecule has 196 valence electrons. The highest BCUT2D eigenvalue weighted by atomic mass is 16.6. The number of amides is 1. The van der Waals surface area contributed by atoms with Gasteiger partial charge in [-0.1, -0.05) is 25.1 Å². The lowest BCUT2D eigenvalue weighted by Gasteiger charge is -2.35. The maximum Gasteiger partial charge on any atom is 0.355 e. The number of hydrogen-bond donors (Lipinski definition) is 2. The van der Waals surface area contributed by atoms with Gasteiger partial charge in [0.15, 0.2) is 0 Å². The van der Waals surface area contributed by atoms with Crippen molar-refractivity contribution in [1.29, 1.82) is 0 Å². The SMILES string of the molecule is CC[C@]1(OC(=O)CNC(=O)CCCC(=O)O)C(=O)OCc2c1cc1n(c2=O)Cc2cc3ccccc3nc2-1. The predicted octanol–water partition coefficient (Wildman–Crippen LogP) is 2.00. The summed E-state index contributed by atoms with van der Waals surface area (Å²) in [6.45, 7) is 1.17. The Bertz CT molecular complexity index is 1560. The normalized spacial score (nSPS) is 17.2. The molecule has 11 nitrogen and oxygen atoms in total. The van der Waals surface area contributed by atoms with E-state index in [1.807, 2.05) is 30.3 Å². The third-order valence-corrected chi connectivity index (χ3v) is 6.90. The number of esters is 2. The Balaban J connectivity index is 1.46. The summed E-state index contributed by atoms with van der Waals surface area (Å²) in [6, 6.07) is 11.3. The van der Waals surface area contributed by atoms with Crippen molar-refractivity contribution in [2.45, 2.75) is 51.4 Å². The highest BCUT2D eigenvalue weighted by Gasteiger charge is 2.50. The second-order valence-electron chi connectivity index (χ2n) is 9.26. The van der Waals surface area contributed by atoms with Crippen molar-refractivity contribution in [3.63, 3.8) is 0 Å². The van der Waals surface area contributed by atoms with Gasteiger partial charge < -0.3 is 24.5 Å². The summed E-state index contributed by atoms with van der Waals surface area (Å²) < 4.78 is 12.5. The third kappa shape index (κ3) is 4.29. The zero-order valence-electron chi connectivity index (χ0n) is 20.6. The molecule has 3 aromatic rings. The van der Waals surface area contributed by atoms with Crippen LogP contribution in [0.5, 0.6) is 0 Å². The first-order valence-corrected chi connectivity index (χ1v) is 12.3. The summed E-state index contributed by atoms with van der Waals surface area (Å²) in [7, 11) is 0. The second-order valence-corrected chi connectivity index (χ2v) is 9.26. The fourth-order valence-corrected chi connectivity index (χ4v) is 4.97. The topological polar surface area (TPSA) is 154 Å². The maximum absolute atomic E-state index is 13.5. The van der Waals surface area contributed by atoms with Gasteiger partial charge in [-0.2, -0.15) is 0 Å². The van der Waals surface area contributed by atoms with Crippen LogP contribution >= 0.6 is 0 Å². The number of pyridine rings is 2. The molecule has 2 N–H and O–H groups in total.